The average Bonchev–Trinajstić information content (AvgIpc) is 2.90. The number of hydrogen-bond donors (Lipinski definition) is 1. The molecule has 0 saturated heterocycles. The number of carbonyl (C=O) groups excluding carboxylic acids is 1. The summed E-state index contributed by atoms with van der Waals surface area (Å²) in [6, 6.07) is 9.23. The number of nitrogens with two attached hydrogens (primary N) is 1. The Morgan fingerprint density at radius 3 is 2.70 bits per heavy atom. The maximum Gasteiger partial charge on any atom is 0.286 e. The van der Waals surface area contributed by atoms with Gasteiger partial charge in [-0.1, -0.05) is 0 Å². The summed E-state index contributed by atoms with van der Waals surface area (Å²) in [7, 11) is 1.61. The molecule has 0 aliphatic heterocycles. The minimum Gasteiger partial charge on any atom is -0.497 e. The summed E-state index contributed by atoms with van der Waals surface area (Å²) < 4.78 is 10.7. The van der Waals surface area contributed by atoms with Gasteiger partial charge in [0.05, 0.1) is 12.5 Å². The molecule has 0 unspecified atom stereocenters. The van der Waals surface area contributed by atoms with Gasteiger partial charge >= 0.3 is 0 Å². The molecule has 2 heterocycles. The SMILES string of the molecule is COc1ccc(-c2cc3cnc(C(N)=O)nc3o2)cc1. The topological polar surface area (TPSA) is 91.2 Å². The second-order valence-corrected chi connectivity index (χ2v) is 4.16. The number of hydrogen-bond acceptors (Lipinski definition) is 5. The summed E-state index contributed by atoms with van der Waals surface area (Å²) in [5, 5.41) is 0.709. The van der Waals surface area contributed by atoms with Gasteiger partial charge < -0.3 is 14.9 Å². The lowest BCUT2D eigenvalue weighted by Crippen LogP contribution is -2.14. The average molecular weight is 269 g/mol. The Morgan fingerprint density at radius 1 is 1.30 bits per heavy atom. The van der Waals surface area contributed by atoms with Crippen molar-refractivity contribution in [1.29, 1.82) is 0 Å². The zero-order valence-electron chi connectivity index (χ0n) is 10.7. The third-order valence-corrected chi connectivity index (χ3v) is 2.87. The van der Waals surface area contributed by atoms with Gasteiger partial charge in [-0.2, -0.15) is 4.98 Å². The first-order valence-corrected chi connectivity index (χ1v) is 5.88. The van der Waals surface area contributed by atoms with Crippen LogP contribution in [0.4, 0.5) is 0 Å². The van der Waals surface area contributed by atoms with Gasteiger partial charge in [-0.05, 0) is 30.3 Å². The summed E-state index contributed by atoms with van der Waals surface area (Å²) in [5.74, 6) is 0.654. The molecule has 0 fully saturated rings. The number of fused-ring (bicyclic) bond motifs is 1. The Morgan fingerprint density at radius 2 is 2.05 bits per heavy atom. The van der Waals surface area contributed by atoms with Crippen LogP contribution in [-0.4, -0.2) is 23.0 Å². The highest BCUT2D eigenvalue weighted by Gasteiger charge is 2.11. The van der Waals surface area contributed by atoms with E-state index in [1.807, 2.05) is 30.3 Å². The summed E-state index contributed by atoms with van der Waals surface area (Å²) in [4.78, 5) is 18.9. The van der Waals surface area contributed by atoms with Gasteiger partial charge in [0.25, 0.3) is 5.91 Å². The molecule has 1 amide bonds. The molecule has 0 radical (unpaired) electrons. The van der Waals surface area contributed by atoms with Crippen LogP contribution in [0, 0.1) is 0 Å². The number of benzene rings is 1. The molecule has 3 aromatic rings. The molecule has 0 bridgehead atoms. The summed E-state index contributed by atoms with van der Waals surface area (Å²) in [5.41, 5.74) is 6.35. The zero-order chi connectivity index (χ0) is 14.1. The third kappa shape index (κ3) is 2.07. The van der Waals surface area contributed by atoms with Crippen LogP contribution >= 0.6 is 0 Å². The van der Waals surface area contributed by atoms with Crippen LogP contribution < -0.4 is 10.5 Å². The quantitative estimate of drug-likeness (QED) is 0.785. The number of carbonyl (C=O) groups is 1. The fourth-order valence-electron chi connectivity index (χ4n) is 1.85. The van der Waals surface area contributed by atoms with Crippen molar-refractivity contribution in [2.45, 2.75) is 0 Å². The van der Waals surface area contributed by atoms with Gasteiger partial charge in [0, 0.05) is 11.8 Å². The van der Waals surface area contributed by atoms with Crippen molar-refractivity contribution in [3.63, 3.8) is 0 Å². The Bertz CT molecular complexity index is 778. The van der Waals surface area contributed by atoms with Crippen molar-refractivity contribution in [2.24, 2.45) is 5.73 Å². The van der Waals surface area contributed by atoms with E-state index in [1.165, 1.54) is 6.20 Å². The van der Waals surface area contributed by atoms with Crippen molar-refractivity contribution in [3.8, 4) is 17.1 Å². The molecule has 0 spiro atoms. The largest absolute Gasteiger partial charge is 0.497 e. The lowest BCUT2D eigenvalue weighted by molar-refractivity contribution is 0.0990. The molecule has 20 heavy (non-hydrogen) atoms. The van der Waals surface area contributed by atoms with E-state index in [0.29, 0.717) is 16.9 Å². The summed E-state index contributed by atoms with van der Waals surface area (Å²) in [6.07, 6.45) is 1.51. The predicted octanol–water partition coefficient (Wildman–Crippen LogP) is 2.00. The van der Waals surface area contributed by atoms with Gasteiger partial charge in [0.15, 0.2) is 0 Å². The van der Waals surface area contributed by atoms with Crippen molar-refractivity contribution in [2.75, 3.05) is 7.11 Å². The number of rotatable bonds is 3. The second-order valence-electron chi connectivity index (χ2n) is 4.16. The van der Waals surface area contributed by atoms with E-state index in [9.17, 15) is 4.79 Å². The van der Waals surface area contributed by atoms with Gasteiger partial charge in [-0.15, -0.1) is 0 Å². The number of ether oxygens (including phenoxy) is 1. The fraction of sp³-hybridized carbons (Fsp3) is 0.0714. The Kier molecular flexibility index (Phi) is 2.83. The van der Waals surface area contributed by atoms with Crippen molar-refractivity contribution >= 4 is 17.0 Å². The number of amides is 1. The van der Waals surface area contributed by atoms with E-state index in [-0.39, 0.29) is 5.82 Å². The van der Waals surface area contributed by atoms with Crippen LogP contribution in [0.3, 0.4) is 0 Å². The standard InChI is InChI=1S/C14H11N3O3/c1-19-10-4-2-8(3-5-10)11-6-9-7-16-13(12(15)18)17-14(9)20-11/h2-7H,1H3,(H2,15,18). The summed E-state index contributed by atoms with van der Waals surface area (Å²) in [6.45, 7) is 0. The molecule has 0 aliphatic rings. The number of furan rings is 1. The molecular weight excluding hydrogens is 258 g/mol. The first-order valence-electron chi connectivity index (χ1n) is 5.88. The van der Waals surface area contributed by atoms with Crippen LogP contribution in [-0.2, 0) is 0 Å². The zero-order valence-corrected chi connectivity index (χ0v) is 10.7. The number of nitrogens with zero attached hydrogens (tertiary/aromatic N) is 2. The number of aromatic nitrogens is 2. The van der Waals surface area contributed by atoms with Crippen LogP contribution in [0.15, 0.2) is 40.9 Å². The molecular formula is C14H11N3O3. The Hall–Kier alpha value is -2.89. The van der Waals surface area contributed by atoms with Crippen LogP contribution in [0.25, 0.3) is 22.4 Å². The molecule has 6 nitrogen and oxygen atoms in total. The van der Waals surface area contributed by atoms with Crippen molar-refractivity contribution in [1.82, 2.24) is 9.97 Å². The van der Waals surface area contributed by atoms with E-state index in [2.05, 4.69) is 9.97 Å². The Balaban J connectivity index is 2.05. The maximum absolute atomic E-state index is 11.0. The smallest absolute Gasteiger partial charge is 0.286 e. The predicted molar refractivity (Wildman–Crippen MR) is 72.3 cm³/mol. The van der Waals surface area contributed by atoms with Crippen molar-refractivity contribution < 1.29 is 13.9 Å². The highest BCUT2D eigenvalue weighted by molar-refractivity contribution is 5.91. The molecule has 2 N–H and O–H groups in total. The van der Waals surface area contributed by atoms with Gasteiger partial charge in [0.1, 0.15) is 11.5 Å². The molecule has 3 rings (SSSR count). The second kappa shape index (κ2) is 4.65. The maximum atomic E-state index is 11.0. The fourth-order valence-corrected chi connectivity index (χ4v) is 1.85. The third-order valence-electron chi connectivity index (χ3n) is 2.87. The van der Waals surface area contributed by atoms with Gasteiger partial charge in [-0.25, -0.2) is 4.98 Å². The first kappa shape index (κ1) is 12.2. The van der Waals surface area contributed by atoms with E-state index in [1.54, 1.807) is 7.11 Å². The Labute approximate surface area is 114 Å². The van der Waals surface area contributed by atoms with E-state index >= 15 is 0 Å². The number of primary amides is 1. The number of methoxy groups -OCH3 is 1. The minimum absolute atomic E-state index is 0.0619. The summed E-state index contributed by atoms with van der Waals surface area (Å²) >= 11 is 0. The van der Waals surface area contributed by atoms with Crippen LogP contribution in [0.5, 0.6) is 5.75 Å². The molecule has 0 aliphatic carbocycles. The van der Waals surface area contributed by atoms with E-state index in [4.69, 9.17) is 14.9 Å². The molecule has 2 aromatic heterocycles. The highest BCUT2D eigenvalue weighted by atomic mass is 16.5. The molecule has 1 aromatic carbocycles. The van der Waals surface area contributed by atoms with Crippen molar-refractivity contribution in [3.05, 3.63) is 42.4 Å². The molecule has 6 heteroatoms. The lowest BCUT2D eigenvalue weighted by Gasteiger charge is -2.00. The highest BCUT2D eigenvalue weighted by Crippen LogP contribution is 2.27. The van der Waals surface area contributed by atoms with Gasteiger partial charge in [-0.3, -0.25) is 4.79 Å². The van der Waals surface area contributed by atoms with E-state index in [0.717, 1.165) is 11.3 Å². The lowest BCUT2D eigenvalue weighted by atomic mass is 10.1. The van der Waals surface area contributed by atoms with Crippen LogP contribution in [0.2, 0.25) is 0 Å². The molecule has 100 valence electrons. The van der Waals surface area contributed by atoms with Gasteiger partial charge in [0.2, 0.25) is 11.5 Å². The van der Waals surface area contributed by atoms with E-state index < -0.39 is 5.91 Å². The molecule has 0 atom stereocenters. The minimum atomic E-state index is -0.686. The molecule has 0 saturated carbocycles. The normalized spacial score (nSPS) is 10.7. The van der Waals surface area contributed by atoms with Crippen LogP contribution in [0.1, 0.15) is 10.6 Å². The monoisotopic (exact) mass is 269 g/mol. The first-order chi connectivity index (χ1) is 9.67.